The maximum absolute atomic E-state index is 8.82. The van der Waals surface area contributed by atoms with E-state index in [0.29, 0.717) is 11.5 Å². The number of nitrogens with two attached hydrogens (primary N) is 1. The molecule has 1 saturated carbocycles. The highest BCUT2D eigenvalue weighted by molar-refractivity contribution is 5.37. The summed E-state index contributed by atoms with van der Waals surface area (Å²) in [6.45, 7) is 0. The minimum atomic E-state index is 0.0256. The Balaban J connectivity index is 2.32. The number of aromatic nitrogens is 1. The van der Waals surface area contributed by atoms with Crippen molar-refractivity contribution in [3.8, 4) is 6.07 Å². The fraction of sp³-hybridized carbons (Fsp3) is 0.400. The van der Waals surface area contributed by atoms with Crippen LogP contribution in [-0.4, -0.2) is 4.98 Å². The van der Waals surface area contributed by atoms with E-state index in [4.69, 9.17) is 11.0 Å². The van der Waals surface area contributed by atoms with Crippen molar-refractivity contribution >= 4 is 0 Å². The van der Waals surface area contributed by atoms with E-state index < -0.39 is 0 Å². The summed E-state index contributed by atoms with van der Waals surface area (Å²) < 4.78 is 0. The van der Waals surface area contributed by atoms with E-state index in [1.165, 1.54) is 12.8 Å². The lowest BCUT2D eigenvalue weighted by Gasteiger charge is -2.11. The molecule has 1 aliphatic carbocycles. The number of hydrogen-bond donors (Lipinski definition) is 1. The molecule has 2 rings (SSSR count). The maximum atomic E-state index is 8.82. The van der Waals surface area contributed by atoms with Gasteiger partial charge in [0, 0.05) is 18.4 Å². The molecule has 0 radical (unpaired) electrons. The lowest BCUT2D eigenvalue weighted by molar-refractivity contribution is 0.631. The normalized spacial score (nSPS) is 17.8. The summed E-state index contributed by atoms with van der Waals surface area (Å²) in [5.74, 6) is 0.578. The summed E-state index contributed by atoms with van der Waals surface area (Å²) in [5, 5.41) is 8.82. The van der Waals surface area contributed by atoms with Crippen LogP contribution in [0.1, 0.15) is 30.0 Å². The van der Waals surface area contributed by atoms with Crippen molar-refractivity contribution in [2.75, 3.05) is 0 Å². The van der Waals surface area contributed by atoms with Crippen molar-refractivity contribution in [3.05, 3.63) is 29.6 Å². The zero-order valence-corrected chi connectivity index (χ0v) is 7.27. The number of pyridine rings is 1. The monoisotopic (exact) mass is 173 g/mol. The van der Waals surface area contributed by atoms with Crippen molar-refractivity contribution < 1.29 is 0 Å². The van der Waals surface area contributed by atoms with E-state index >= 15 is 0 Å². The van der Waals surface area contributed by atoms with Gasteiger partial charge in [0.15, 0.2) is 0 Å². The van der Waals surface area contributed by atoms with Gasteiger partial charge in [-0.2, -0.15) is 5.26 Å². The Morgan fingerprint density at radius 2 is 2.38 bits per heavy atom. The van der Waals surface area contributed by atoms with Crippen LogP contribution in [0.3, 0.4) is 0 Å². The third-order valence-electron chi connectivity index (χ3n) is 2.46. The largest absolute Gasteiger partial charge is 0.324 e. The zero-order chi connectivity index (χ0) is 9.26. The van der Waals surface area contributed by atoms with Gasteiger partial charge < -0.3 is 5.73 Å². The minimum Gasteiger partial charge on any atom is -0.324 e. The molecule has 2 N–H and O–H groups in total. The summed E-state index contributed by atoms with van der Waals surface area (Å²) in [4.78, 5) is 3.90. The Labute approximate surface area is 77.2 Å². The topological polar surface area (TPSA) is 62.7 Å². The smallest absolute Gasteiger partial charge is 0.101 e. The third kappa shape index (κ3) is 1.53. The molecule has 3 nitrogen and oxygen atoms in total. The molecule has 1 atom stereocenters. The van der Waals surface area contributed by atoms with Gasteiger partial charge in [-0.1, -0.05) is 0 Å². The maximum Gasteiger partial charge on any atom is 0.101 e. The quantitative estimate of drug-likeness (QED) is 0.734. The first kappa shape index (κ1) is 8.21. The van der Waals surface area contributed by atoms with Gasteiger partial charge in [0.25, 0.3) is 0 Å². The second-order valence-electron chi connectivity index (χ2n) is 3.44. The van der Waals surface area contributed by atoms with Crippen molar-refractivity contribution in [3.63, 3.8) is 0 Å². The molecule has 13 heavy (non-hydrogen) atoms. The van der Waals surface area contributed by atoms with Crippen LogP contribution in [0.4, 0.5) is 0 Å². The molecule has 1 fully saturated rings. The van der Waals surface area contributed by atoms with Gasteiger partial charge in [-0.05, 0) is 30.4 Å². The van der Waals surface area contributed by atoms with Gasteiger partial charge in [0.1, 0.15) is 6.07 Å². The molecule has 0 spiro atoms. The molecule has 0 aromatic carbocycles. The highest BCUT2D eigenvalue weighted by atomic mass is 14.7. The van der Waals surface area contributed by atoms with Crippen LogP contribution >= 0.6 is 0 Å². The summed E-state index contributed by atoms with van der Waals surface area (Å²) >= 11 is 0. The van der Waals surface area contributed by atoms with Gasteiger partial charge in [-0.15, -0.1) is 0 Å². The molecule has 1 aromatic heterocycles. The van der Waals surface area contributed by atoms with Crippen molar-refractivity contribution in [1.82, 2.24) is 4.98 Å². The van der Waals surface area contributed by atoms with Crippen LogP contribution in [0.2, 0.25) is 0 Å². The number of rotatable bonds is 2. The molecule has 66 valence electrons. The molecule has 1 aromatic rings. The average Bonchev–Trinajstić information content (AvgIpc) is 3.00. The molecule has 0 amide bonds. The van der Waals surface area contributed by atoms with Gasteiger partial charge in [-0.25, -0.2) is 0 Å². The van der Waals surface area contributed by atoms with Crippen LogP contribution in [0.15, 0.2) is 18.5 Å². The SMILES string of the molecule is N#Cc1cnccc1[C@@H](N)C1CC1. The van der Waals surface area contributed by atoms with E-state index in [9.17, 15) is 0 Å². The van der Waals surface area contributed by atoms with Crippen LogP contribution in [0, 0.1) is 17.2 Å². The van der Waals surface area contributed by atoms with E-state index in [0.717, 1.165) is 5.56 Å². The van der Waals surface area contributed by atoms with Crippen molar-refractivity contribution in [2.45, 2.75) is 18.9 Å². The zero-order valence-electron chi connectivity index (χ0n) is 7.27. The third-order valence-corrected chi connectivity index (χ3v) is 2.46. The van der Waals surface area contributed by atoms with Gasteiger partial charge in [-0.3, -0.25) is 4.98 Å². The molecular weight excluding hydrogens is 162 g/mol. The highest BCUT2D eigenvalue weighted by Crippen LogP contribution is 2.39. The molecule has 0 unspecified atom stereocenters. The van der Waals surface area contributed by atoms with E-state index in [1.54, 1.807) is 12.4 Å². The van der Waals surface area contributed by atoms with Gasteiger partial charge in [0.05, 0.1) is 5.56 Å². The Bertz CT molecular complexity index is 349. The number of hydrogen-bond acceptors (Lipinski definition) is 3. The second-order valence-corrected chi connectivity index (χ2v) is 3.44. The summed E-state index contributed by atoms with van der Waals surface area (Å²) in [5.41, 5.74) is 7.56. The Morgan fingerprint density at radius 3 is 3.00 bits per heavy atom. The highest BCUT2D eigenvalue weighted by Gasteiger charge is 2.30. The summed E-state index contributed by atoms with van der Waals surface area (Å²) in [6.07, 6.45) is 5.65. The van der Waals surface area contributed by atoms with Crippen LogP contribution in [0.25, 0.3) is 0 Å². The van der Waals surface area contributed by atoms with E-state index in [1.807, 2.05) is 6.07 Å². The fourth-order valence-corrected chi connectivity index (χ4v) is 1.50. The number of nitrogens with zero attached hydrogens (tertiary/aromatic N) is 2. The van der Waals surface area contributed by atoms with Crippen molar-refractivity contribution in [1.29, 1.82) is 5.26 Å². The number of nitriles is 1. The molecule has 1 heterocycles. The second kappa shape index (κ2) is 3.15. The van der Waals surface area contributed by atoms with E-state index in [-0.39, 0.29) is 6.04 Å². The lowest BCUT2D eigenvalue weighted by Crippen LogP contribution is -2.13. The average molecular weight is 173 g/mol. The molecule has 0 saturated heterocycles. The first-order valence-corrected chi connectivity index (χ1v) is 4.42. The predicted molar refractivity (Wildman–Crippen MR) is 48.6 cm³/mol. The van der Waals surface area contributed by atoms with Crippen LogP contribution in [-0.2, 0) is 0 Å². The predicted octanol–water partition coefficient (Wildman–Crippen LogP) is 1.36. The van der Waals surface area contributed by atoms with E-state index in [2.05, 4.69) is 11.1 Å². The molecular formula is C10H11N3. The van der Waals surface area contributed by atoms with Crippen LogP contribution in [0.5, 0.6) is 0 Å². The lowest BCUT2D eigenvalue weighted by atomic mass is 10.0. The molecule has 0 bridgehead atoms. The standard InChI is InChI=1S/C10H11N3/c11-5-8-6-13-4-3-9(8)10(12)7-1-2-7/h3-4,6-7,10H,1-2,12H2/t10-/m0/s1. The molecule has 0 aliphatic heterocycles. The van der Waals surface area contributed by atoms with Crippen molar-refractivity contribution in [2.24, 2.45) is 11.7 Å². The van der Waals surface area contributed by atoms with Gasteiger partial charge >= 0.3 is 0 Å². The minimum absolute atomic E-state index is 0.0256. The molecule has 1 aliphatic rings. The first-order chi connectivity index (χ1) is 6.33. The Morgan fingerprint density at radius 1 is 1.62 bits per heavy atom. The van der Waals surface area contributed by atoms with Gasteiger partial charge in [0.2, 0.25) is 0 Å². The van der Waals surface area contributed by atoms with Crippen LogP contribution < -0.4 is 5.73 Å². The fourth-order valence-electron chi connectivity index (χ4n) is 1.50. The summed E-state index contributed by atoms with van der Waals surface area (Å²) in [6, 6.07) is 3.99. The Kier molecular flexibility index (Phi) is 1.99. The molecule has 3 heteroatoms. The summed E-state index contributed by atoms with van der Waals surface area (Å²) in [7, 11) is 0. The Hall–Kier alpha value is -1.40. The first-order valence-electron chi connectivity index (χ1n) is 4.42.